The Morgan fingerprint density at radius 2 is 1.76 bits per heavy atom. The highest BCUT2D eigenvalue weighted by Gasteiger charge is 2.04. The largest absolute Gasteiger partial charge is 0.359 e. The highest BCUT2D eigenvalue weighted by molar-refractivity contribution is 6.05. The summed E-state index contributed by atoms with van der Waals surface area (Å²) in [6.07, 6.45) is 3.40. The van der Waals surface area contributed by atoms with Gasteiger partial charge in [-0.25, -0.2) is 0 Å². The number of carbonyl (C=O) groups excluding carboxylic acids is 1. The Morgan fingerprint density at radius 3 is 2.43 bits per heavy atom. The zero-order valence-electron chi connectivity index (χ0n) is 12.4. The molecule has 0 aliphatic carbocycles. The van der Waals surface area contributed by atoms with Crippen molar-refractivity contribution in [2.75, 3.05) is 5.32 Å². The number of rotatable bonds is 5. The maximum absolute atomic E-state index is 12.2. The summed E-state index contributed by atoms with van der Waals surface area (Å²) in [6, 6.07) is 15.4. The van der Waals surface area contributed by atoms with Crippen molar-refractivity contribution in [3.05, 3.63) is 83.6 Å². The average Bonchev–Trinajstić information content (AvgIpc) is 2.48. The van der Waals surface area contributed by atoms with Gasteiger partial charge in [-0.3, -0.25) is 4.79 Å². The summed E-state index contributed by atoms with van der Waals surface area (Å²) in [7, 11) is 0. The zero-order chi connectivity index (χ0) is 15.2. The molecule has 0 saturated carbocycles. The molecule has 0 saturated heterocycles. The summed E-state index contributed by atoms with van der Waals surface area (Å²) in [5, 5.41) is 3.24. The normalized spacial score (nSPS) is 11.0. The topological polar surface area (TPSA) is 29.1 Å². The summed E-state index contributed by atoms with van der Waals surface area (Å²) >= 11 is 0. The van der Waals surface area contributed by atoms with Crippen molar-refractivity contribution in [3.8, 4) is 0 Å². The molecule has 0 aromatic heterocycles. The van der Waals surface area contributed by atoms with E-state index in [0.29, 0.717) is 5.56 Å². The Hall–Kier alpha value is -2.61. The van der Waals surface area contributed by atoms with Gasteiger partial charge >= 0.3 is 0 Å². The molecule has 0 fully saturated rings. The second kappa shape index (κ2) is 6.71. The Bertz CT molecular complexity index is 681. The predicted octanol–water partition coefficient (Wildman–Crippen LogP) is 4.84. The molecule has 0 radical (unpaired) electrons. The lowest BCUT2D eigenvalue weighted by molar-refractivity contribution is 0.104. The van der Waals surface area contributed by atoms with Crippen LogP contribution in [0.5, 0.6) is 0 Å². The molecule has 21 heavy (non-hydrogen) atoms. The molecule has 2 nitrogen and oxygen atoms in total. The van der Waals surface area contributed by atoms with Crippen LogP contribution < -0.4 is 5.32 Å². The molecule has 0 aliphatic rings. The van der Waals surface area contributed by atoms with E-state index in [0.717, 1.165) is 22.5 Å². The SMILES string of the molecule is C=Cc1ccccc1N/C(C)=C/C(=O)c1ccc(C)cc1. The van der Waals surface area contributed by atoms with Crippen LogP contribution in [0.25, 0.3) is 6.08 Å². The lowest BCUT2D eigenvalue weighted by Gasteiger charge is -2.09. The lowest BCUT2D eigenvalue weighted by Crippen LogP contribution is -2.02. The van der Waals surface area contributed by atoms with Crippen LogP contribution in [0.3, 0.4) is 0 Å². The van der Waals surface area contributed by atoms with Gasteiger partial charge in [-0.1, -0.05) is 60.7 Å². The van der Waals surface area contributed by atoms with Crippen LogP contribution >= 0.6 is 0 Å². The first-order chi connectivity index (χ1) is 10.1. The number of allylic oxidation sites excluding steroid dienone is 2. The highest BCUT2D eigenvalue weighted by Crippen LogP contribution is 2.18. The molecule has 2 heteroatoms. The fourth-order valence-corrected chi connectivity index (χ4v) is 2.04. The van der Waals surface area contributed by atoms with Crippen molar-refractivity contribution in [1.29, 1.82) is 0 Å². The van der Waals surface area contributed by atoms with Gasteiger partial charge in [0, 0.05) is 23.0 Å². The molecular weight excluding hydrogens is 258 g/mol. The van der Waals surface area contributed by atoms with E-state index in [1.807, 2.05) is 62.4 Å². The van der Waals surface area contributed by atoms with Gasteiger partial charge in [-0.15, -0.1) is 0 Å². The molecule has 0 aliphatic heterocycles. The highest BCUT2D eigenvalue weighted by atomic mass is 16.1. The van der Waals surface area contributed by atoms with Crippen LogP contribution in [0.15, 0.2) is 66.9 Å². The van der Waals surface area contributed by atoms with Crippen LogP contribution in [0, 0.1) is 6.92 Å². The number of nitrogens with one attached hydrogen (secondary N) is 1. The fraction of sp³-hybridized carbons (Fsp3) is 0.105. The Labute approximate surface area is 125 Å². The maximum atomic E-state index is 12.2. The van der Waals surface area contributed by atoms with Gasteiger partial charge in [-0.2, -0.15) is 0 Å². The molecular formula is C19H19NO. The van der Waals surface area contributed by atoms with E-state index in [-0.39, 0.29) is 5.78 Å². The first-order valence-electron chi connectivity index (χ1n) is 6.88. The van der Waals surface area contributed by atoms with Gasteiger partial charge in [0.05, 0.1) is 0 Å². The van der Waals surface area contributed by atoms with Gasteiger partial charge in [-0.05, 0) is 25.5 Å². The van der Waals surface area contributed by atoms with Gasteiger partial charge in [0.15, 0.2) is 5.78 Å². The van der Waals surface area contributed by atoms with Crippen molar-refractivity contribution in [1.82, 2.24) is 0 Å². The Balaban J connectivity index is 2.15. The second-order valence-electron chi connectivity index (χ2n) is 4.97. The molecule has 106 valence electrons. The molecule has 0 spiro atoms. The quantitative estimate of drug-likeness (QED) is 0.626. The molecule has 2 aromatic rings. The minimum Gasteiger partial charge on any atom is -0.359 e. The molecule has 0 unspecified atom stereocenters. The summed E-state index contributed by atoms with van der Waals surface area (Å²) in [6.45, 7) is 7.67. The molecule has 0 atom stereocenters. The fourth-order valence-electron chi connectivity index (χ4n) is 2.04. The van der Waals surface area contributed by atoms with E-state index in [9.17, 15) is 4.79 Å². The summed E-state index contributed by atoms with van der Waals surface area (Å²) in [5.74, 6) is -0.00363. The van der Waals surface area contributed by atoms with Crippen LogP contribution in [0.4, 0.5) is 5.69 Å². The maximum Gasteiger partial charge on any atom is 0.187 e. The minimum absolute atomic E-state index is 0.00363. The van der Waals surface area contributed by atoms with Crippen molar-refractivity contribution in [2.24, 2.45) is 0 Å². The van der Waals surface area contributed by atoms with Crippen molar-refractivity contribution in [2.45, 2.75) is 13.8 Å². The standard InChI is InChI=1S/C19H19NO/c1-4-16-7-5-6-8-18(16)20-15(3)13-19(21)17-11-9-14(2)10-12-17/h4-13,20H,1H2,2-3H3/b15-13+. The van der Waals surface area contributed by atoms with Crippen LogP contribution in [0.2, 0.25) is 0 Å². The number of anilines is 1. The van der Waals surface area contributed by atoms with E-state index < -0.39 is 0 Å². The van der Waals surface area contributed by atoms with Gasteiger partial charge in [0.2, 0.25) is 0 Å². The molecule has 0 heterocycles. The van der Waals surface area contributed by atoms with Gasteiger partial charge in [0.1, 0.15) is 0 Å². The van der Waals surface area contributed by atoms with E-state index in [4.69, 9.17) is 0 Å². The van der Waals surface area contributed by atoms with Crippen LogP contribution in [0.1, 0.15) is 28.4 Å². The van der Waals surface area contributed by atoms with E-state index in [1.54, 1.807) is 12.2 Å². The Morgan fingerprint density at radius 1 is 1.10 bits per heavy atom. The monoisotopic (exact) mass is 277 g/mol. The number of ketones is 1. The predicted molar refractivity (Wildman–Crippen MR) is 89.4 cm³/mol. The third kappa shape index (κ3) is 3.93. The van der Waals surface area contributed by atoms with Crippen molar-refractivity contribution in [3.63, 3.8) is 0 Å². The second-order valence-corrected chi connectivity index (χ2v) is 4.97. The average molecular weight is 277 g/mol. The lowest BCUT2D eigenvalue weighted by atomic mass is 10.1. The van der Waals surface area contributed by atoms with Crippen LogP contribution in [-0.4, -0.2) is 5.78 Å². The van der Waals surface area contributed by atoms with E-state index in [1.165, 1.54) is 0 Å². The minimum atomic E-state index is -0.00363. The number of aryl methyl sites for hydroxylation is 1. The molecule has 0 bridgehead atoms. The molecule has 2 aromatic carbocycles. The first-order valence-corrected chi connectivity index (χ1v) is 6.88. The van der Waals surface area contributed by atoms with Crippen molar-refractivity contribution < 1.29 is 4.79 Å². The number of carbonyl (C=O) groups is 1. The van der Waals surface area contributed by atoms with Crippen LogP contribution in [-0.2, 0) is 0 Å². The van der Waals surface area contributed by atoms with E-state index in [2.05, 4.69) is 11.9 Å². The molecule has 0 amide bonds. The smallest absolute Gasteiger partial charge is 0.187 e. The van der Waals surface area contributed by atoms with Gasteiger partial charge in [0.25, 0.3) is 0 Å². The number of hydrogen-bond donors (Lipinski definition) is 1. The molecule has 1 N–H and O–H groups in total. The number of para-hydroxylation sites is 1. The van der Waals surface area contributed by atoms with Gasteiger partial charge < -0.3 is 5.32 Å². The summed E-state index contributed by atoms with van der Waals surface area (Å²) < 4.78 is 0. The summed E-state index contributed by atoms with van der Waals surface area (Å²) in [4.78, 5) is 12.2. The Kier molecular flexibility index (Phi) is 4.72. The molecule has 2 rings (SSSR count). The first kappa shape index (κ1) is 14.8. The third-order valence-corrected chi connectivity index (χ3v) is 3.20. The third-order valence-electron chi connectivity index (χ3n) is 3.20. The zero-order valence-corrected chi connectivity index (χ0v) is 12.4. The number of benzene rings is 2. The van der Waals surface area contributed by atoms with E-state index >= 15 is 0 Å². The summed E-state index contributed by atoms with van der Waals surface area (Å²) in [5.41, 5.74) is 4.59. The van der Waals surface area contributed by atoms with Crippen molar-refractivity contribution >= 4 is 17.5 Å². The number of hydrogen-bond acceptors (Lipinski definition) is 2.